The van der Waals surface area contributed by atoms with E-state index in [0.717, 1.165) is 18.9 Å². The van der Waals surface area contributed by atoms with Crippen molar-refractivity contribution >= 4 is 5.91 Å². The Kier molecular flexibility index (Phi) is 5.67. The minimum atomic E-state index is -4.54. The van der Waals surface area contributed by atoms with E-state index < -0.39 is 17.6 Å². The Bertz CT molecular complexity index is 592. The van der Waals surface area contributed by atoms with Crippen LogP contribution in [-0.2, 0) is 10.9 Å². The van der Waals surface area contributed by atoms with Gasteiger partial charge >= 0.3 is 6.18 Å². The van der Waals surface area contributed by atoms with E-state index in [1.165, 1.54) is 23.1 Å². The lowest BCUT2D eigenvalue weighted by Gasteiger charge is -2.33. The first-order valence-electron chi connectivity index (χ1n) is 7.40. The summed E-state index contributed by atoms with van der Waals surface area (Å²) >= 11 is 0. The van der Waals surface area contributed by atoms with Gasteiger partial charge in [0.15, 0.2) is 0 Å². The van der Waals surface area contributed by atoms with Crippen LogP contribution in [0.3, 0.4) is 0 Å². The third-order valence-corrected chi connectivity index (χ3v) is 3.81. The number of likely N-dealkylation sites (tertiary alicyclic amines) is 1. The molecule has 1 atom stereocenters. The highest BCUT2D eigenvalue weighted by atomic mass is 19.4. The van der Waals surface area contributed by atoms with Gasteiger partial charge in [-0.25, -0.2) is 0 Å². The highest BCUT2D eigenvalue weighted by Gasteiger charge is 2.36. The summed E-state index contributed by atoms with van der Waals surface area (Å²) in [6, 6.07) is 4.89. The van der Waals surface area contributed by atoms with E-state index in [1.54, 1.807) is 0 Å². The molecule has 1 heterocycles. The topological polar surface area (TPSA) is 29.5 Å². The molecule has 0 radical (unpaired) electrons. The maximum Gasteiger partial charge on any atom is 0.417 e. The van der Waals surface area contributed by atoms with Gasteiger partial charge < -0.3 is 9.64 Å². The molecule has 0 spiro atoms. The summed E-state index contributed by atoms with van der Waals surface area (Å²) in [7, 11) is 0. The molecular formula is C17H18F3NO2. The van der Waals surface area contributed by atoms with E-state index in [9.17, 15) is 18.0 Å². The second-order valence-corrected chi connectivity index (χ2v) is 5.52. The first-order valence-corrected chi connectivity index (χ1v) is 7.40. The molecule has 1 unspecified atom stereocenters. The summed E-state index contributed by atoms with van der Waals surface area (Å²) in [4.78, 5) is 14.0. The Morgan fingerprint density at radius 3 is 2.83 bits per heavy atom. The molecule has 6 heteroatoms. The smallest absolute Gasteiger partial charge is 0.368 e. The molecule has 23 heavy (non-hydrogen) atoms. The van der Waals surface area contributed by atoms with Gasteiger partial charge in [-0.1, -0.05) is 18.1 Å². The molecule has 124 valence electrons. The third kappa shape index (κ3) is 4.49. The van der Waals surface area contributed by atoms with Crippen LogP contribution in [0.4, 0.5) is 13.2 Å². The fraction of sp³-hybridized carbons (Fsp3) is 0.471. The largest absolute Gasteiger partial charge is 0.417 e. The number of carbonyl (C=O) groups excluding carboxylic acids is 1. The number of alkyl halides is 3. The average molecular weight is 325 g/mol. The van der Waals surface area contributed by atoms with Crippen LogP contribution in [0, 0.1) is 18.3 Å². The monoisotopic (exact) mass is 325 g/mol. The summed E-state index contributed by atoms with van der Waals surface area (Å²) in [6.45, 7) is 1.45. The number of ether oxygens (including phenoxy) is 1. The fourth-order valence-corrected chi connectivity index (χ4v) is 2.76. The van der Waals surface area contributed by atoms with E-state index in [-0.39, 0.29) is 18.1 Å². The molecule has 1 aliphatic heterocycles. The zero-order chi connectivity index (χ0) is 16.9. The number of rotatable bonds is 4. The summed E-state index contributed by atoms with van der Waals surface area (Å²) in [5.74, 6) is 1.88. The Morgan fingerprint density at radius 1 is 1.39 bits per heavy atom. The van der Waals surface area contributed by atoms with Crippen molar-refractivity contribution in [2.24, 2.45) is 5.92 Å². The molecule has 1 fully saturated rings. The van der Waals surface area contributed by atoms with Crippen molar-refractivity contribution in [3.05, 3.63) is 35.4 Å². The molecule has 2 rings (SSSR count). The van der Waals surface area contributed by atoms with Gasteiger partial charge in [0.2, 0.25) is 0 Å². The Morgan fingerprint density at radius 2 is 2.13 bits per heavy atom. The predicted molar refractivity (Wildman–Crippen MR) is 79.7 cm³/mol. The Labute approximate surface area is 133 Å². The van der Waals surface area contributed by atoms with Crippen molar-refractivity contribution in [2.75, 3.05) is 26.3 Å². The van der Waals surface area contributed by atoms with Crippen LogP contribution in [0.2, 0.25) is 0 Å². The van der Waals surface area contributed by atoms with Gasteiger partial charge in [-0.05, 0) is 25.0 Å². The number of halogens is 3. The van der Waals surface area contributed by atoms with Gasteiger partial charge in [-0.2, -0.15) is 13.2 Å². The van der Waals surface area contributed by atoms with E-state index in [4.69, 9.17) is 11.2 Å². The third-order valence-electron chi connectivity index (χ3n) is 3.81. The number of hydrogen-bond acceptors (Lipinski definition) is 2. The first kappa shape index (κ1) is 17.4. The van der Waals surface area contributed by atoms with Crippen LogP contribution in [0.5, 0.6) is 0 Å². The molecule has 0 aromatic heterocycles. The average Bonchev–Trinajstić information content (AvgIpc) is 2.54. The van der Waals surface area contributed by atoms with E-state index >= 15 is 0 Å². The first-order chi connectivity index (χ1) is 10.9. The van der Waals surface area contributed by atoms with Crippen molar-refractivity contribution in [3.63, 3.8) is 0 Å². The standard InChI is InChI=1S/C17H18F3NO2/c1-2-10-23-12-13-6-5-9-21(11-13)16(22)14-7-3-4-8-15(14)17(18,19)20/h1,3-4,7-8,13H,5-6,9-12H2. The summed E-state index contributed by atoms with van der Waals surface area (Å²) < 4.78 is 44.4. The lowest BCUT2D eigenvalue weighted by Crippen LogP contribution is -2.41. The molecular weight excluding hydrogens is 307 g/mol. The normalized spacial score (nSPS) is 18.5. The second kappa shape index (κ2) is 7.51. The van der Waals surface area contributed by atoms with Crippen molar-refractivity contribution in [1.82, 2.24) is 4.90 Å². The Balaban J connectivity index is 2.10. The SMILES string of the molecule is C#CCOCC1CCCN(C(=O)c2ccccc2C(F)(F)F)C1. The van der Waals surface area contributed by atoms with Crippen molar-refractivity contribution in [2.45, 2.75) is 19.0 Å². The number of amides is 1. The molecule has 1 aromatic rings. The van der Waals surface area contributed by atoms with Gasteiger partial charge in [0.05, 0.1) is 17.7 Å². The van der Waals surface area contributed by atoms with Gasteiger partial charge in [-0.15, -0.1) is 6.42 Å². The van der Waals surface area contributed by atoms with Gasteiger partial charge in [-0.3, -0.25) is 4.79 Å². The molecule has 0 N–H and O–H groups in total. The second-order valence-electron chi connectivity index (χ2n) is 5.52. The van der Waals surface area contributed by atoms with Crippen LogP contribution in [-0.4, -0.2) is 37.1 Å². The minimum Gasteiger partial charge on any atom is -0.368 e. The summed E-state index contributed by atoms with van der Waals surface area (Å²) in [5, 5.41) is 0. The highest BCUT2D eigenvalue weighted by Crippen LogP contribution is 2.33. The van der Waals surface area contributed by atoms with Crippen LogP contribution >= 0.6 is 0 Å². The minimum absolute atomic E-state index is 0.0964. The molecule has 0 saturated carbocycles. The molecule has 0 bridgehead atoms. The summed E-state index contributed by atoms with van der Waals surface area (Å²) in [6.07, 6.45) is 2.17. The lowest BCUT2D eigenvalue weighted by atomic mass is 9.97. The molecule has 1 saturated heterocycles. The van der Waals surface area contributed by atoms with Crippen LogP contribution in [0.15, 0.2) is 24.3 Å². The van der Waals surface area contributed by atoms with Crippen LogP contribution < -0.4 is 0 Å². The van der Waals surface area contributed by atoms with Crippen molar-refractivity contribution < 1.29 is 22.7 Å². The highest BCUT2D eigenvalue weighted by molar-refractivity contribution is 5.96. The maximum absolute atomic E-state index is 13.0. The molecule has 1 aromatic carbocycles. The number of carbonyl (C=O) groups is 1. The van der Waals surface area contributed by atoms with E-state index in [2.05, 4.69) is 5.92 Å². The van der Waals surface area contributed by atoms with Crippen molar-refractivity contribution in [3.8, 4) is 12.3 Å². The number of piperidine rings is 1. The van der Waals surface area contributed by atoms with Gasteiger partial charge in [0.1, 0.15) is 6.61 Å². The zero-order valence-corrected chi connectivity index (χ0v) is 12.6. The van der Waals surface area contributed by atoms with Gasteiger partial charge in [0, 0.05) is 19.0 Å². The number of nitrogens with zero attached hydrogens (tertiary/aromatic N) is 1. The molecule has 1 amide bonds. The lowest BCUT2D eigenvalue weighted by molar-refractivity contribution is -0.138. The van der Waals surface area contributed by atoms with Crippen LogP contribution in [0.1, 0.15) is 28.8 Å². The Hall–Kier alpha value is -2.00. The predicted octanol–water partition coefficient (Wildman–Crippen LogP) is 3.21. The molecule has 1 aliphatic rings. The quantitative estimate of drug-likeness (QED) is 0.628. The van der Waals surface area contributed by atoms with Crippen molar-refractivity contribution in [1.29, 1.82) is 0 Å². The number of hydrogen-bond donors (Lipinski definition) is 0. The van der Waals surface area contributed by atoms with E-state index in [0.29, 0.717) is 19.7 Å². The summed E-state index contributed by atoms with van der Waals surface area (Å²) in [5.41, 5.74) is -1.19. The fourth-order valence-electron chi connectivity index (χ4n) is 2.76. The molecule has 3 nitrogen and oxygen atoms in total. The zero-order valence-electron chi connectivity index (χ0n) is 12.6. The number of benzene rings is 1. The maximum atomic E-state index is 13.0. The number of terminal acetylenes is 1. The molecule has 0 aliphatic carbocycles. The van der Waals surface area contributed by atoms with Gasteiger partial charge in [0.25, 0.3) is 5.91 Å². The van der Waals surface area contributed by atoms with E-state index in [1.807, 2.05) is 0 Å². The van der Waals surface area contributed by atoms with Crippen LogP contribution in [0.25, 0.3) is 0 Å².